The number of likely N-dealkylation sites (tertiary alicyclic amines) is 1. The number of nitrogens with one attached hydrogen (secondary N) is 1. The quantitative estimate of drug-likeness (QED) is 0.601. The first-order valence-electron chi connectivity index (χ1n) is 9.96. The van der Waals surface area contributed by atoms with E-state index in [2.05, 4.69) is 10.5 Å². The van der Waals surface area contributed by atoms with Crippen LogP contribution in [-0.4, -0.2) is 42.7 Å². The first-order valence-corrected chi connectivity index (χ1v) is 9.96. The minimum absolute atomic E-state index is 0.0534. The summed E-state index contributed by atoms with van der Waals surface area (Å²) < 4.78 is 0. The number of hydrogen-bond donors (Lipinski definition) is 1. The van der Waals surface area contributed by atoms with E-state index < -0.39 is 0 Å². The smallest absolute Gasteiger partial charge is 0.240 e. The molecule has 1 heterocycles. The Kier molecular flexibility index (Phi) is 7.06. The van der Waals surface area contributed by atoms with Crippen LogP contribution in [0.15, 0.2) is 35.5 Å². The fourth-order valence-corrected chi connectivity index (χ4v) is 4.23. The lowest BCUT2D eigenvalue weighted by molar-refractivity contribution is -0.134. The van der Waals surface area contributed by atoms with E-state index in [9.17, 15) is 4.79 Å². The van der Waals surface area contributed by atoms with Crippen molar-refractivity contribution in [1.82, 2.24) is 10.2 Å². The summed E-state index contributed by atoms with van der Waals surface area (Å²) in [4.78, 5) is 20.5. The predicted molar refractivity (Wildman–Crippen MR) is 104 cm³/mol. The van der Waals surface area contributed by atoms with Gasteiger partial charge in [-0.1, -0.05) is 54.8 Å². The summed E-state index contributed by atoms with van der Waals surface area (Å²) >= 11 is 0. The molecule has 1 aromatic rings. The third-order valence-corrected chi connectivity index (χ3v) is 5.66. The van der Waals surface area contributed by atoms with Crippen LogP contribution < -0.4 is 5.32 Å². The Hall–Kier alpha value is -1.88. The molecule has 1 N–H and O–H groups in total. The number of likely N-dealkylation sites (N-methyl/N-ethyl adjacent to an activating group) is 1. The van der Waals surface area contributed by atoms with Crippen molar-refractivity contribution in [2.45, 2.75) is 63.6 Å². The van der Waals surface area contributed by atoms with Crippen LogP contribution in [0, 0.1) is 5.92 Å². The molecule has 0 bridgehead atoms. The molecule has 26 heavy (non-hydrogen) atoms. The fourth-order valence-electron chi connectivity index (χ4n) is 4.23. The normalized spacial score (nSPS) is 22.7. The summed E-state index contributed by atoms with van der Waals surface area (Å²) in [5.41, 5.74) is 1.09. The highest BCUT2D eigenvalue weighted by molar-refractivity contribution is 5.86. The van der Waals surface area contributed by atoms with E-state index in [0.29, 0.717) is 12.5 Å². The molecule has 1 unspecified atom stereocenters. The molecule has 1 amide bonds. The van der Waals surface area contributed by atoms with Crippen LogP contribution in [0.4, 0.5) is 0 Å². The Labute approximate surface area is 156 Å². The predicted octanol–water partition coefficient (Wildman–Crippen LogP) is 3.35. The molecule has 3 rings (SSSR count). The third kappa shape index (κ3) is 4.85. The molecular formula is C21H31N3O2. The van der Waals surface area contributed by atoms with E-state index in [1.54, 1.807) is 6.21 Å². The first-order chi connectivity index (χ1) is 12.8. The molecule has 2 atom stereocenters. The Morgan fingerprint density at radius 3 is 2.73 bits per heavy atom. The van der Waals surface area contributed by atoms with Crippen molar-refractivity contribution in [2.75, 3.05) is 13.6 Å². The maximum absolute atomic E-state index is 13.1. The zero-order valence-corrected chi connectivity index (χ0v) is 15.8. The molecule has 0 aromatic heterocycles. The maximum Gasteiger partial charge on any atom is 0.240 e. The molecule has 2 fully saturated rings. The summed E-state index contributed by atoms with van der Waals surface area (Å²) in [6.45, 7) is 1.28. The standard InChI is InChI=1S/C21H31N3O2/c1-22-20(18-11-6-3-7-12-18)21(25)24-14-8-13-19(24)15-23-26-16-17-9-4-2-5-10-17/h2,4-5,9-10,15,18-20,22H,3,6-8,11-14,16H2,1H3/t19?,20-/m0/s1. The second-order valence-corrected chi connectivity index (χ2v) is 7.42. The van der Waals surface area contributed by atoms with Gasteiger partial charge in [0.1, 0.15) is 6.61 Å². The molecule has 1 aliphatic heterocycles. The van der Waals surface area contributed by atoms with Gasteiger partial charge in [-0.25, -0.2) is 0 Å². The van der Waals surface area contributed by atoms with Crippen molar-refractivity contribution in [1.29, 1.82) is 0 Å². The number of oxime groups is 1. The lowest BCUT2D eigenvalue weighted by atomic mass is 9.83. The minimum Gasteiger partial charge on any atom is -0.391 e. The Morgan fingerprint density at radius 1 is 1.23 bits per heavy atom. The molecule has 0 spiro atoms. The molecule has 1 aromatic carbocycles. The zero-order valence-electron chi connectivity index (χ0n) is 15.8. The van der Waals surface area contributed by atoms with Gasteiger partial charge in [0.05, 0.1) is 18.3 Å². The van der Waals surface area contributed by atoms with Crippen molar-refractivity contribution < 1.29 is 9.63 Å². The topological polar surface area (TPSA) is 53.9 Å². The largest absolute Gasteiger partial charge is 0.391 e. The van der Waals surface area contributed by atoms with Crippen LogP contribution in [0.3, 0.4) is 0 Å². The van der Waals surface area contributed by atoms with Crippen molar-refractivity contribution in [3.63, 3.8) is 0 Å². The second-order valence-electron chi connectivity index (χ2n) is 7.42. The lowest BCUT2D eigenvalue weighted by Gasteiger charge is -2.33. The van der Waals surface area contributed by atoms with E-state index >= 15 is 0 Å². The van der Waals surface area contributed by atoms with Crippen LogP contribution >= 0.6 is 0 Å². The van der Waals surface area contributed by atoms with E-state index in [1.165, 1.54) is 19.3 Å². The fraction of sp³-hybridized carbons (Fsp3) is 0.619. The van der Waals surface area contributed by atoms with Gasteiger partial charge in [-0.3, -0.25) is 4.79 Å². The van der Waals surface area contributed by atoms with Gasteiger partial charge in [0, 0.05) is 6.54 Å². The minimum atomic E-state index is -0.0606. The molecule has 0 radical (unpaired) electrons. The molecule has 1 aliphatic carbocycles. The Bertz CT molecular complexity index is 584. The maximum atomic E-state index is 13.1. The molecule has 2 aliphatic rings. The number of rotatable bonds is 7. The highest BCUT2D eigenvalue weighted by Crippen LogP contribution is 2.28. The van der Waals surface area contributed by atoms with Crippen LogP contribution in [0.2, 0.25) is 0 Å². The van der Waals surface area contributed by atoms with Crippen molar-refractivity contribution >= 4 is 12.1 Å². The van der Waals surface area contributed by atoms with Gasteiger partial charge in [0.15, 0.2) is 0 Å². The highest BCUT2D eigenvalue weighted by atomic mass is 16.6. The number of nitrogens with zero attached hydrogens (tertiary/aromatic N) is 2. The van der Waals surface area contributed by atoms with Crippen LogP contribution in [-0.2, 0) is 16.2 Å². The summed E-state index contributed by atoms with van der Waals surface area (Å²) in [7, 11) is 1.92. The van der Waals surface area contributed by atoms with Crippen LogP contribution in [0.5, 0.6) is 0 Å². The van der Waals surface area contributed by atoms with Gasteiger partial charge in [0.2, 0.25) is 5.91 Å². The van der Waals surface area contributed by atoms with Gasteiger partial charge in [0.25, 0.3) is 0 Å². The molecule has 1 saturated heterocycles. The summed E-state index contributed by atoms with van der Waals surface area (Å²) in [5.74, 6) is 0.699. The summed E-state index contributed by atoms with van der Waals surface area (Å²) in [6, 6.07) is 9.99. The third-order valence-electron chi connectivity index (χ3n) is 5.66. The molecule has 5 heteroatoms. The second kappa shape index (κ2) is 9.72. The van der Waals surface area contributed by atoms with E-state index in [0.717, 1.165) is 37.8 Å². The van der Waals surface area contributed by atoms with Gasteiger partial charge in [-0.2, -0.15) is 0 Å². The monoisotopic (exact) mass is 357 g/mol. The zero-order chi connectivity index (χ0) is 18.2. The van der Waals surface area contributed by atoms with Gasteiger partial charge < -0.3 is 15.1 Å². The lowest BCUT2D eigenvalue weighted by Crippen LogP contribution is -2.51. The molecular weight excluding hydrogens is 326 g/mol. The first kappa shape index (κ1) is 18.9. The van der Waals surface area contributed by atoms with Crippen molar-refractivity contribution in [3.8, 4) is 0 Å². The average molecular weight is 357 g/mol. The van der Waals surface area contributed by atoms with E-state index in [-0.39, 0.29) is 18.0 Å². The SMILES string of the molecule is CN[C@H](C(=O)N1CCCC1C=NOCc1ccccc1)C1CCCCC1. The van der Waals surface area contributed by atoms with Gasteiger partial charge in [-0.05, 0) is 44.2 Å². The van der Waals surface area contributed by atoms with E-state index in [1.807, 2.05) is 42.3 Å². The Balaban J connectivity index is 1.54. The van der Waals surface area contributed by atoms with Gasteiger partial charge >= 0.3 is 0 Å². The van der Waals surface area contributed by atoms with Crippen molar-refractivity contribution in [2.24, 2.45) is 11.1 Å². The average Bonchev–Trinajstić information content (AvgIpc) is 3.16. The number of carbonyl (C=O) groups is 1. The number of benzene rings is 1. The van der Waals surface area contributed by atoms with Crippen LogP contribution in [0.1, 0.15) is 50.5 Å². The number of hydrogen-bond acceptors (Lipinski definition) is 4. The number of carbonyl (C=O) groups excluding carboxylic acids is 1. The van der Waals surface area contributed by atoms with Gasteiger partial charge in [-0.15, -0.1) is 0 Å². The molecule has 1 saturated carbocycles. The number of amides is 1. The van der Waals surface area contributed by atoms with Crippen molar-refractivity contribution in [3.05, 3.63) is 35.9 Å². The van der Waals surface area contributed by atoms with E-state index in [4.69, 9.17) is 4.84 Å². The Morgan fingerprint density at radius 2 is 2.00 bits per heavy atom. The molecule has 5 nitrogen and oxygen atoms in total. The van der Waals surface area contributed by atoms with Crippen LogP contribution in [0.25, 0.3) is 0 Å². The summed E-state index contributed by atoms with van der Waals surface area (Å²) in [6.07, 6.45) is 9.91. The summed E-state index contributed by atoms with van der Waals surface area (Å²) in [5, 5.41) is 7.43. The molecule has 142 valence electrons. The highest BCUT2D eigenvalue weighted by Gasteiger charge is 2.36.